The van der Waals surface area contributed by atoms with Crippen LogP contribution in [0.1, 0.15) is 17.4 Å². The van der Waals surface area contributed by atoms with Crippen LogP contribution in [-0.2, 0) is 9.53 Å². The van der Waals surface area contributed by atoms with Gasteiger partial charge >= 0.3 is 5.97 Å². The van der Waals surface area contributed by atoms with E-state index >= 15 is 0 Å². The maximum atomic E-state index is 11.1. The fraction of sp³-hybridized carbons (Fsp3) is 0.105. The first-order valence-corrected chi connectivity index (χ1v) is 7.61. The molecule has 0 atom stereocenters. The van der Waals surface area contributed by atoms with Crippen molar-refractivity contribution in [3.05, 3.63) is 60.4 Å². The normalized spacial score (nSPS) is 9.77. The molecule has 1 aromatic heterocycles. The predicted molar refractivity (Wildman–Crippen MR) is 96.1 cm³/mol. The zero-order valence-electron chi connectivity index (χ0n) is 14.3. The van der Waals surface area contributed by atoms with E-state index in [1.165, 1.54) is 20.2 Å². The minimum absolute atomic E-state index is 0.140. The van der Waals surface area contributed by atoms with Gasteiger partial charge in [-0.05, 0) is 30.3 Å². The minimum atomic E-state index is -0.765. The average molecular weight is 354 g/mol. The Balaban J connectivity index is 0.000000431. The number of para-hydroxylation sites is 1. The van der Waals surface area contributed by atoms with Crippen molar-refractivity contribution in [1.82, 2.24) is 4.98 Å². The van der Waals surface area contributed by atoms with Crippen molar-refractivity contribution in [1.29, 1.82) is 0 Å². The Morgan fingerprint density at radius 2 is 1.73 bits per heavy atom. The number of esters is 1. The fourth-order valence-corrected chi connectivity index (χ4v) is 2.05. The predicted octanol–water partition coefficient (Wildman–Crippen LogP) is 3.01. The van der Waals surface area contributed by atoms with Crippen molar-refractivity contribution in [2.75, 3.05) is 7.11 Å². The molecule has 0 unspecified atom stereocenters. The number of hydrogen-bond acceptors (Lipinski definition) is 6. The van der Waals surface area contributed by atoms with Gasteiger partial charge in [0.1, 0.15) is 11.5 Å². The first-order valence-electron chi connectivity index (χ1n) is 7.61. The van der Waals surface area contributed by atoms with Crippen molar-refractivity contribution in [2.24, 2.45) is 5.73 Å². The van der Waals surface area contributed by atoms with Crippen LogP contribution in [0.3, 0.4) is 0 Å². The maximum Gasteiger partial charge on any atom is 0.302 e. The summed E-state index contributed by atoms with van der Waals surface area (Å²) in [6.07, 6.45) is 1.48. The standard InChI is InChI=1S/C16H12N2O3.C3H6O2/c17-16(20)14-15(19)13-7-6-12(8-10(13)9-18-14)21-11-4-2-1-3-5-11;1-3(4)5-2/h1-9,19H,(H2,17,20);1-2H3. The number of carbonyl (C=O) groups excluding carboxylic acids is 2. The van der Waals surface area contributed by atoms with Gasteiger partial charge in [-0.2, -0.15) is 0 Å². The third kappa shape index (κ3) is 4.70. The number of fused-ring (bicyclic) bond motifs is 1. The average Bonchev–Trinajstić information content (AvgIpc) is 2.63. The molecule has 0 bridgehead atoms. The SMILES string of the molecule is COC(C)=O.NC(=O)c1ncc2cc(Oc3ccccc3)ccc2c1O. The highest BCUT2D eigenvalue weighted by atomic mass is 16.5. The van der Waals surface area contributed by atoms with Crippen LogP contribution in [0.2, 0.25) is 0 Å². The zero-order chi connectivity index (χ0) is 19.1. The smallest absolute Gasteiger partial charge is 0.302 e. The van der Waals surface area contributed by atoms with E-state index in [2.05, 4.69) is 9.72 Å². The number of nitrogens with zero attached hydrogens (tertiary/aromatic N) is 1. The molecule has 2 aromatic carbocycles. The number of carbonyl (C=O) groups is 2. The summed E-state index contributed by atoms with van der Waals surface area (Å²) in [5.41, 5.74) is 5.01. The molecule has 7 nitrogen and oxygen atoms in total. The van der Waals surface area contributed by atoms with Crippen molar-refractivity contribution in [3.63, 3.8) is 0 Å². The Kier molecular flexibility index (Phi) is 6.10. The van der Waals surface area contributed by atoms with E-state index in [1.807, 2.05) is 30.3 Å². The van der Waals surface area contributed by atoms with Gasteiger partial charge in [0, 0.05) is 23.9 Å². The van der Waals surface area contributed by atoms with Crippen LogP contribution >= 0.6 is 0 Å². The molecule has 26 heavy (non-hydrogen) atoms. The second-order valence-corrected chi connectivity index (χ2v) is 5.18. The molecule has 0 saturated carbocycles. The summed E-state index contributed by atoms with van der Waals surface area (Å²) in [6, 6.07) is 14.5. The van der Waals surface area contributed by atoms with Gasteiger partial charge in [0.05, 0.1) is 7.11 Å². The number of pyridine rings is 1. The molecule has 7 heteroatoms. The van der Waals surface area contributed by atoms with Crippen LogP contribution in [0, 0.1) is 0 Å². The van der Waals surface area contributed by atoms with E-state index in [4.69, 9.17) is 10.5 Å². The number of nitrogens with two attached hydrogens (primary N) is 1. The number of hydrogen-bond donors (Lipinski definition) is 2. The lowest BCUT2D eigenvalue weighted by atomic mass is 10.1. The summed E-state index contributed by atoms with van der Waals surface area (Å²) in [4.78, 5) is 24.6. The lowest BCUT2D eigenvalue weighted by molar-refractivity contribution is -0.137. The highest BCUT2D eigenvalue weighted by Crippen LogP contribution is 2.31. The number of primary amides is 1. The van der Waals surface area contributed by atoms with E-state index < -0.39 is 5.91 Å². The van der Waals surface area contributed by atoms with Crippen LogP contribution in [0.5, 0.6) is 17.2 Å². The molecule has 134 valence electrons. The van der Waals surface area contributed by atoms with Crippen molar-refractivity contribution in [3.8, 4) is 17.2 Å². The van der Waals surface area contributed by atoms with Crippen LogP contribution in [0.25, 0.3) is 10.8 Å². The molecule has 0 aliphatic heterocycles. The highest BCUT2D eigenvalue weighted by Gasteiger charge is 2.13. The second-order valence-electron chi connectivity index (χ2n) is 5.18. The maximum absolute atomic E-state index is 11.1. The molecule has 0 aliphatic carbocycles. The Bertz CT molecular complexity index is 926. The van der Waals surface area contributed by atoms with E-state index in [-0.39, 0.29) is 17.4 Å². The second kappa shape index (κ2) is 8.48. The van der Waals surface area contributed by atoms with Gasteiger partial charge in [-0.3, -0.25) is 9.59 Å². The van der Waals surface area contributed by atoms with Crippen molar-refractivity contribution in [2.45, 2.75) is 6.92 Å². The molecule has 0 fully saturated rings. The first-order chi connectivity index (χ1) is 12.4. The van der Waals surface area contributed by atoms with Crippen LogP contribution < -0.4 is 10.5 Å². The van der Waals surface area contributed by atoms with Gasteiger partial charge in [-0.1, -0.05) is 18.2 Å². The number of rotatable bonds is 3. The molecular weight excluding hydrogens is 336 g/mol. The Hall–Kier alpha value is -3.61. The lowest BCUT2D eigenvalue weighted by Crippen LogP contribution is -2.13. The minimum Gasteiger partial charge on any atom is -0.505 e. The van der Waals surface area contributed by atoms with E-state index in [0.29, 0.717) is 22.3 Å². The summed E-state index contributed by atoms with van der Waals surface area (Å²) >= 11 is 0. The van der Waals surface area contributed by atoms with E-state index in [9.17, 15) is 14.7 Å². The molecular formula is C19H18N2O5. The van der Waals surface area contributed by atoms with Gasteiger partial charge in [-0.15, -0.1) is 0 Å². The van der Waals surface area contributed by atoms with Gasteiger partial charge in [0.25, 0.3) is 5.91 Å². The van der Waals surface area contributed by atoms with Crippen LogP contribution in [0.4, 0.5) is 0 Å². The van der Waals surface area contributed by atoms with Crippen LogP contribution in [-0.4, -0.2) is 29.1 Å². The summed E-state index contributed by atoms with van der Waals surface area (Å²) in [6.45, 7) is 1.36. The van der Waals surface area contributed by atoms with Crippen molar-refractivity contribution < 1.29 is 24.2 Å². The van der Waals surface area contributed by atoms with Gasteiger partial charge < -0.3 is 20.3 Å². The quantitative estimate of drug-likeness (QED) is 0.699. The monoisotopic (exact) mass is 354 g/mol. The lowest BCUT2D eigenvalue weighted by Gasteiger charge is -2.08. The van der Waals surface area contributed by atoms with Gasteiger partial charge in [-0.25, -0.2) is 4.98 Å². The largest absolute Gasteiger partial charge is 0.505 e. The molecule has 0 saturated heterocycles. The Morgan fingerprint density at radius 3 is 2.31 bits per heavy atom. The topological polar surface area (TPSA) is 112 Å². The van der Waals surface area contributed by atoms with Gasteiger partial charge in [0.2, 0.25) is 0 Å². The molecule has 1 heterocycles. The molecule has 0 radical (unpaired) electrons. The number of benzene rings is 2. The fourth-order valence-electron chi connectivity index (χ4n) is 2.05. The number of methoxy groups -OCH3 is 1. The summed E-state index contributed by atoms with van der Waals surface area (Å²) in [5, 5.41) is 11.2. The molecule has 1 amide bonds. The third-order valence-electron chi connectivity index (χ3n) is 3.33. The highest BCUT2D eigenvalue weighted by molar-refractivity contribution is 6.00. The Labute approximate surface area is 150 Å². The summed E-state index contributed by atoms with van der Waals surface area (Å²) in [7, 11) is 1.35. The number of ether oxygens (including phenoxy) is 2. The Morgan fingerprint density at radius 1 is 1.08 bits per heavy atom. The molecule has 3 rings (SSSR count). The first kappa shape index (κ1) is 18.7. The van der Waals surface area contributed by atoms with Gasteiger partial charge in [0.15, 0.2) is 11.4 Å². The zero-order valence-corrected chi connectivity index (χ0v) is 14.3. The van der Waals surface area contributed by atoms with E-state index in [0.717, 1.165) is 0 Å². The molecule has 3 N–H and O–H groups in total. The third-order valence-corrected chi connectivity index (χ3v) is 3.33. The van der Waals surface area contributed by atoms with Crippen molar-refractivity contribution >= 4 is 22.6 Å². The molecule has 0 aliphatic rings. The number of aromatic nitrogens is 1. The van der Waals surface area contributed by atoms with Crippen LogP contribution in [0.15, 0.2) is 54.7 Å². The van der Waals surface area contributed by atoms with E-state index in [1.54, 1.807) is 18.2 Å². The number of aromatic hydroxyl groups is 1. The summed E-state index contributed by atoms with van der Waals surface area (Å²) in [5.74, 6) is 0.0970. The molecule has 3 aromatic rings. The molecule has 0 spiro atoms. The summed E-state index contributed by atoms with van der Waals surface area (Å²) < 4.78 is 9.81. The number of amides is 1.